The van der Waals surface area contributed by atoms with Crippen molar-refractivity contribution in [2.24, 2.45) is 0 Å². The van der Waals surface area contributed by atoms with Gasteiger partial charge in [-0.2, -0.15) is 13.2 Å². The number of halogens is 3. The third-order valence-electron chi connectivity index (χ3n) is 2.39. The molecule has 102 valence electrons. The number of benzene rings is 1. The molecule has 0 saturated heterocycles. The highest BCUT2D eigenvalue weighted by atomic mass is 28.3. The van der Waals surface area contributed by atoms with Crippen molar-refractivity contribution in [1.29, 1.82) is 0 Å². The van der Waals surface area contributed by atoms with Crippen LogP contribution in [0.25, 0.3) is 0 Å². The molecule has 6 heteroatoms. The van der Waals surface area contributed by atoms with Crippen molar-refractivity contribution in [3.63, 3.8) is 0 Å². The zero-order valence-corrected chi connectivity index (χ0v) is 11.9. The zero-order chi connectivity index (χ0) is 14.0. The molecule has 1 aromatic rings. The smallest absolute Gasteiger partial charge is 0.422 e. The van der Waals surface area contributed by atoms with Crippen LogP contribution in [0.4, 0.5) is 13.2 Å². The van der Waals surface area contributed by atoms with Crippen molar-refractivity contribution in [2.45, 2.75) is 25.8 Å². The van der Waals surface area contributed by atoms with E-state index in [0.29, 0.717) is 11.5 Å². The lowest BCUT2D eigenvalue weighted by Crippen LogP contribution is -2.39. The Morgan fingerprint density at radius 2 is 1.78 bits per heavy atom. The first-order valence-electron chi connectivity index (χ1n) is 5.51. The van der Waals surface area contributed by atoms with E-state index < -0.39 is 20.9 Å². The van der Waals surface area contributed by atoms with E-state index in [1.54, 1.807) is 12.1 Å². The highest BCUT2D eigenvalue weighted by molar-refractivity contribution is 6.89. The van der Waals surface area contributed by atoms with Crippen molar-refractivity contribution < 1.29 is 22.6 Å². The van der Waals surface area contributed by atoms with E-state index in [9.17, 15) is 13.2 Å². The fourth-order valence-electron chi connectivity index (χ4n) is 1.51. The monoisotopic (exact) mass is 278 g/mol. The highest BCUT2D eigenvalue weighted by Gasteiger charge is 2.30. The molecule has 18 heavy (non-hydrogen) atoms. The molecule has 0 amide bonds. The molecule has 0 aliphatic rings. The maximum atomic E-state index is 12.2. The second kappa shape index (κ2) is 5.22. The fourth-order valence-corrected chi connectivity index (χ4v) is 2.98. The van der Waals surface area contributed by atoms with E-state index in [2.05, 4.69) is 0 Å². The van der Waals surface area contributed by atoms with E-state index >= 15 is 0 Å². The summed E-state index contributed by atoms with van der Waals surface area (Å²) < 4.78 is 46.5. The average Bonchev–Trinajstić information content (AvgIpc) is 2.24. The number of hydrogen-bond acceptors (Lipinski definition) is 2. The molecule has 0 fully saturated rings. The second-order valence-corrected chi connectivity index (χ2v) is 10.1. The third kappa shape index (κ3) is 4.25. The van der Waals surface area contributed by atoms with Crippen molar-refractivity contribution in [3.05, 3.63) is 18.2 Å². The molecule has 0 bridgehead atoms. The van der Waals surface area contributed by atoms with Gasteiger partial charge in [-0.15, -0.1) is 0 Å². The molecule has 0 aromatic heterocycles. The molecular weight excluding hydrogens is 261 g/mol. The number of alkyl halides is 3. The molecule has 0 aliphatic carbocycles. The van der Waals surface area contributed by atoms with Gasteiger partial charge in [0.15, 0.2) is 6.61 Å². The molecule has 0 spiro atoms. The summed E-state index contributed by atoms with van der Waals surface area (Å²) in [5.41, 5.74) is 0. The summed E-state index contributed by atoms with van der Waals surface area (Å²) in [6.45, 7) is 4.86. The molecule has 0 heterocycles. The Bertz CT molecular complexity index is 411. The van der Waals surface area contributed by atoms with E-state index in [1.165, 1.54) is 13.2 Å². The van der Waals surface area contributed by atoms with Gasteiger partial charge in [-0.25, -0.2) is 0 Å². The van der Waals surface area contributed by atoms with E-state index in [0.717, 1.165) is 5.19 Å². The predicted molar refractivity (Wildman–Crippen MR) is 67.5 cm³/mol. The van der Waals surface area contributed by atoms with Crippen LogP contribution in [0.2, 0.25) is 19.6 Å². The van der Waals surface area contributed by atoms with Crippen molar-refractivity contribution >= 4 is 13.3 Å². The summed E-state index contributed by atoms with van der Waals surface area (Å²) >= 11 is 0. The number of ether oxygens (including phenoxy) is 2. The van der Waals surface area contributed by atoms with Gasteiger partial charge in [0.1, 0.15) is 11.5 Å². The molecule has 0 unspecified atom stereocenters. The van der Waals surface area contributed by atoms with Gasteiger partial charge in [-0.3, -0.25) is 0 Å². The number of hydrogen-bond donors (Lipinski definition) is 0. The van der Waals surface area contributed by atoms with E-state index in [4.69, 9.17) is 9.47 Å². The van der Waals surface area contributed by atoms with Gasteiger partial charge < -0.3 is 9.47 Å². The minimum Gasteiger partial charge on any atom is -0.497 e. The van der Waals surface area contributed by atoms with Gasteiger partial charge in [0.2, 0.25) is 0 Å². The third-order valence-corrected chi connectivity index (χ3v) is 4.39. The Hall–Kier alpha value is -1.17. The minimum atomic E-state index is -4.32. The van der Waals surface area contributed by atoms with Gasteiger partial charge in [-0.1, -0.05) is 19.6 Å². The van der Waals surface area contributed by atoms with Crippen LogP contribution in [-0.2, 0) is 0 Å². The number of rotatable bonds is 4. The van der Waals surface area contributed by atoms with Gasteiger partial charge in [0.05, 0.1) is 15.2 Å². The lowest BCUT2D eigenvalue weighted by atomic mass is 10.3. The summed E-state index contributed by atoms with van der Waals surface area (Å²) in [4.78, 5) is 0. The van der Waals surface area contributed by atoms with Crippen molar-refractivity contribution in [3.8, 4) is 11.5 Å². The minimum absolute atomic E-state index is 0.298. The Morgan fingerprint density at radius 1 is 1.17 bits per heavy atom. The normalized spacial score (nSPS) is 12.4. The Kier molecular flexibility index (Phi) is 4.31. The molecular formula is C12H17F3O2Si. The molecule has 0 saturated carbocycles. The predicted octanol–water partition coefficient (Wildman–Crippen LogP) is 3.18. The van der Waals surface area contributed by atoms with E-state index in [1.807, 2.05) is 19.6 Å². The van der Waals surface area contributed by atoms with Crippen LogP contribution in [0.1, 0.15) is 0 Å². The Balaban J connectivity index is 3.03. The maximum Gasteiger partial charge on any atom is 0.422 e. The van der Waals surface area contributed by atoms with Crippen LogP contribution in [-0.4, -0.2) is 28.0 Å². The second-order valence-electron chi connectivity index (χ2n) is 5.02. The molecule has 0 aliphatic heterocycles. The van der Waals surface area contributed by atoms with Gasteiger partial charge >= 0.3 is 6.18 Å². The standard InChI is InChI=1S/C12H17F3O2Si/c1-16-9-5-6-10(17-8-12(13,14)15)11(7-9)18(2,3)4/h5-7H,8H2,1-4H3. The molecule has 0 N–H and O–H groups in total. The SMILES string of the molecule is COc1ccc(OCC(F)(F)F)c([Si](C)(C)C)c1. The summed E-state index contributed by atoms with van der Waals surface area (Å²) in [6, 6.07) is 4.91. The largest absolute Gasteiger partial charge is 0.497 e. The summed E-state index contributed by atoms with van der Waals surface area (Å²) in [7, 11) is -0.267. The number of methoxy groups -OCH3 is 1. The Morgan fingerprint density at radius 3 is 2.22 bits per heavy atom. The lowest BCUT2D eigenvalue weighted by molar-refractivity contribution is -0.153. The van der Waals surface area contributed by atoms with Gasteiger partial charge in [-0.05, 0) is 23.4 Å². The average molecular weight is 278 g/mol. The quantitative estimate of drug-likeness (QED) is 0.788. The molecule has 2 nitrogen and oxygen atoms in total. The van der Waals surface area contributed by atoms with Crippen LogP contribution >= 0.6 is 0 Å². The summed E-state index contributed by atoms with van der Waals surface area (Å²) in [6.07, 6.45) is -4.32. The maximum absolute atomic E-state index is 12.2. The van der Waals surface area contributed by atoms with E-state index in [-0.39, 0.29) is 0 Å². The van der Waals surface area contributed by atoms with Crippen LogP contribution in [0.3, 0.4) is 0 Å². The van der Waals surface area contributed by atoms with Crippen molar-refractivity contribution in [2.75, 3.05) is 13.7 Å². The highest BCUT2D eigenvalue weighted by Crippen LogP contribution is 2.22. The fraction of sp³-hybridized carbons (Fsp3) is 0.500. The van der Waals surface area contributed by atoms with Crippen LogP contribution < -0.4 is 14.7 Å². The first kappa shape index (κ1) is 14.9. The topological polar surface area (TPSA) is 18.5 Å². The van der Waals surface area contributed by atoms with Crippen LogP contribution in [0.15, 0.2) is 18.2 Å². The first-order chi connectivity index (χ1) is 8.13. The van der Waals surface area contributed by atoms with Crippen LogP contribution in [0, 0.1) is 0 Å². The van der Waals surface area contributed by atoms with Crippen LogP contribution in [0.5, 0.6) is 11.5 Å². The Labute approximate surface area is 106 Å². The lowest BCUT2D eigenvalue weighted by Gasteiger charge is -2.22. The zero-order valence-electron chi connectivity index (χ0n) is 10.9. The van der Waals surface area contributed by atoms with Gasteiger partial charge in [0, 0.05) is 0 Å². The van der Waals surface area contributed by atoms with Crippen molar-refractivity contribution in [1.82, 2.24) is 0 Å². The first-order valence-corrected chi connectivity index (χ1v) is 9.01. The molecule has 0 atom stereocenters. The summed E-state index contributed by atoms with van der Waals surface area (Å²) in [5, 5.41) is 0.825. The molecule has 1 rings (SSSR count). The van der Waals surface area contributed by atoms with Gasteiger partial charge in [0.25, 0.3) is 0 Å². The molecule has 1 aromatic carbocycles. The molecule has 0 radical (unpaired) electrons. The summed E-state index contributed by atoms with van der Waals surface area (Å²) in [5.74, 6) is 0.930.